The fraction of sp³-hybridized carbons (Fsp3) is 0.625. The Labute approximate surface area is 75.6 Å². The third-order valence-electron chi connectivity index (χ3n) is 2.06. The predicted molar refractivity (Wildman–Crippen MR) is 48.0 cm³/mol. The number of ether oxygens (including phenoxy) is 1. The van der Waals surface area contributed by atoms with Crippen LogP contribution in [0.25, 0.3) is 0 Å². The molecule has 0 bridgehead atoms. The summed E-state index contributed by atoms with van der Waals surface area (Å²) in [6.45, 7) is 0.817. The van der Waals surface area contributed by atoms with Gasteiger partial charge in [0, 0.05) is 24.2 Å². The van der Waals surface area contributed by atoms with Crippen LogP contribution < -0.4 is 5.73 Å². The van der Waals surface area contributed by atoms with Gasteiger partial charge in [0.2, 0.25) is 0 Å². The monoisotopic (exact) mass is 184 g/mol. The van der Waals surface area contributed by atoms with Crippen LogP contribution in [0.1, 0.15) is 24.0 Å². The van der Waals surface area contributed by atoms with Crippen LogP contribution in [-0.4, -0.2) is 17.6 Å². The van der Waals surface area contributed by atoms with Gasteiger partial charge in [-0.2, -0.15) is 0 Å². The molecule has 0 aliphatic carbocycles. The zero-order chi connectivity index (χ0) is 8.39. The molecule has 2 unspecified atom stereocenters. The Hall–Kier alpha value is -0.450. The maximum Gasteiger partial charge on any atom is 0.124 e. The molecule has 66 valence electrons. The van der Waals surface area contributed by atoms with Crippen molar-refractivity contribution in [2.75, 3.05) is 6.61 Å². The van der Waals surface area contributed by atoms with Crippen molar-refractivity contribution >= 4 is 11.3 Å². The van der Waals surface area contributed by atoms with Gasteiger partial charge in [-0.3, -0.25) is 0 Å². The van der Waals surface area contributed by atoms with Crippen LogP contribution in [0.4, 0.5) is 0 Å². The third kappa shape index (κ3) is 1.50. The van der Waals surface area contributed by atoms with E-state index in [1.807, 2.05) is 5.38 Å². The topological polar surface area (TPSA) is 48.1 Å². The van der Waals surface area contributed by atoms with Crippen molar-refractivity contribution in [3.05, 3.63) is 16.6 Å². The largest absolute Gasteiger partial charge is 0.369 e. The Morgan fingerprint density at radius 2 is 2.58 bits per heavy atom. The fourth-order valence-electron chi connectivity index (χ4n) is 1.43. The molecular formula is C8H12N2OS. The molecule has 4 heteroatoms. The third-order valence-corrected chi connectivity index (χ3v) is 2.90. The zero-order valence-electron chi connectivity index (χ0n) is 6.77. The van der Waals surface area contributed by atoms with Crippen molar-refractivity contribution in [1.82, 2.24) is 4.98 Å². The van der Waals surface area contributed by atoms with Crippen molar-refractivity contribution in [1.29, 1.82) is 0 Å². The number of hydrogen-bond donors (Lipinski definition) is 1. The van der Waals surface area contributed by atoms with Crippen molar-refractivity contribution < 1.29 is 4.74 Å². The van der Waals surface area contributed by atoms with E-state index in [1.54, 1.807) is 17.5 Å². The summed E-state index contributed by atoms with van der Waals surface area (Å²) in [6, 6.07) is 0.130. The van der Waals surface area contributed by atoms with Crippen LogP contribution in [0.2, 0.25) is 0 Å². The first kappa shape index (κ1) is 8.16. The number of nitrogens with zero attached hydrogens (tertiary/aromatic N) is 1. The Morgan fingerprint density at radius 1 is 1.67 bits per heavy atom. The van der Waals surface area contributed by atoms with Gasteiger partial charge in [-0.1, -0.05) is 0 Å². The lowest BCUT2D eigenvalue weighted by Crippen LogP contribution is -2.34. The first-order valence-electron chi connectivity index (χ1n) is 4.14. The minimum Gasteiger partial charge on any atom is -0.369 e. The Morgan fingerprint density at radius 3 is 3.25 bits per heavy atom. The average Bonchev–Trinajstić information content (AvgIpc) is 2.57. The molecule has 1 aromatic heterocycles. The Kier molecular flexibility index (Phi) is 2.39. The number of thiazole rings is 1. The van der Waals surface area contributed by atoms with Gasteiger partial charge in [0.15, 0.2) is 0 Å². The SMILES string of the molecule is NC1CCCOC1c1nccs1. The van der Waals surface area contributed by atoms with Crippen LogP contribution >= 0.6 is 11.3 Å². The van der Waals surface area contributed by atoms with E-state index in [2.05, 4.69) is 4.98 Å². The minimum absolute atomic E-state index is 0.0405. The lowest BCUT2D eigenvalue weighted by molar-refractivity contribution is 0.0000306. The molecular weight excluding hydrogens is 172 g/mol. The second-order valence-corrected chi connectivity index (χ2v) is 3.89. The highest BCUT2D eigenvalue weighted by Gasteiger charge is 2.25. The smallest absolute Gasteiger partial charge is 0.124 e. The van der Waals surface area contributed by atoms with Crippen molar-refractivity contribution in [2.45, 2.75) is 25.0 Å². The molecule has 2 N–H and O–H groups in total. The van der Waals surface area contributed by atoms with Gasteiger partial charge in [0.05, 0.1) is 0 Å². The quantitative estimate of drug-likeness (QED) is 0.716. The van der Waals surface area contributed by atoms with Crippen LogP contribution in [-0.2, 0) is 4.74 Å². The highest BCUT2D eigenvalue weighted by atomic mass is 32.1. The molecule has 0 aromatic carbocycles. The van der Waals surface area contributed by atoms with E-state index in [1.165, 1.54) is 0 Å². The number of rotatable bonds is 1. The molecule has 12 heavy (non-hydrogen) atoms. The maximum absolute atomic E-state index is 5.91. The summed E-state index contributed by atoms with van der Waals surface area (Å²) >= 11 is 1.62. The van der Waals surface area contributed by atoms with E-state index >= 15 is 0 Å². The maximum atomic E-state index is 5.91. The van der Waals surface area contributed by atoms with Gasteiger partial charge >= 0.3 is 0 Å². The molecule has 1 aliphatic heterocycles. The van der Waals surface area contributed by atoms with Gasteiger partial charge in [0.1, 0.15) is 11.1 Å². The molecule has 1 aliphatic rings. The molecule has 2 heterocycles. The normalized spacial score (nSPS) is 30.4. The summed E-state index contributed by atoms with van der Waals surface area (Å²) in [5.74, 6) is 0. The highest BCUT2D eigenvalue weighted by Crippen LogP contribution is 2.27. The van der Waals surface area contributed by atoms with Crippen LogP contribution in [0.5, 0.6) is 0 Å². The summed E-state index contributed by atoms with van der Waals surface area (Å²) in [5, 5.41) is 2.97. The summed E-state index contributed by atoms with van der Waals surface area (Å²) in [4.78, 5) is 4.20. The van der Waals surface area contributed by atoms with Gasteiger partial charge in [-0.05, 0) is 12.8 Å². The highest BCUT2D eigenvalue weighted by molar-refractivity contribution is 7.09. The summed E-state index contributed by atoms with van der Waals surface area (Å²) in [5.41, 5.74) is 5.91. The van der Waals surface area contributed by atoms with E-state index in [0.717, 1.165) is 24.5 Å². The van der Waals surface area contributed by atoms with Crippen LogP contribution in [0, 0.1) is 0 Å². The van der Waals surface area contributed by atoms with Gasteiger partial charge < -0.3 is 10.5 Å². The summed E-state index contributed by atoms with van der Waals surface area (Å²) < 4.78 is 5.56. The second kappa shape index (κ2) is 3.51. The van der Waals surface area contributed by atoms with Crippen molar-refractivity contribution in [3.63, 3.8) is 0 Å². The lowest BCUT2D eigenvalue weighted by atomic mass is 10.0. The summed E-state index contributed by atoms with van der Waals surface area (Å²) in [6.07, 6.45) is 3.96. The van der Waals surface area contributed by atoms with Gasteiger partial charge in [-0.15, -0.1) is 11.3 Å². The molecule has 2 atom stereocenters. The average molecular weight is 184 g/mol. The fourth-order valence-corrected chi connectivity index (χ4v) is 2.19. The number of hydrogen-bond acceptors (Lipinski definition) is 4. The molecule has 0 saturated carbocycles. The van der Waals surface area contributed by atoms with E-state index in [-0.39, 0.29) is 12.1 Å². The van der Waals surface area contributed by atoms with Crippen molar-refractivity contribution in [3.8, 4) is 0 Å². The molecule has 0 radical (unpaired) electrons. The first-order valence-corrected chi connectivity index (χ1v) is 5.02. The first-order chi connectivity index (χ1) is 5.88. The number of aromatic nitrogens is 1. The molecule has 0 spiro atoms. The van der Waals surface area contributed by atoms with E-state index in [0.29, 0.717) is 0 Å². The standard InChI is InChI=1S/C8H12N2OS/c9-6-2-1-4-11-7(6)8-10-3-5-12-8/h3,5-7H,1-2,4,9H2. The lowest BCUT2D eigenvalue weighted by Gasteiger charge is -2.27. The predicted octanol–water partition coefficient (Wildman–Crippen LogP) is 1.32. The minimum atomic E-state index is 0.0405. The molecule has 3 nitrogen and oxygen atoms in total. The second-order valence-electron chi connectivity index (χ2n) is 2.97. The van der Waals surface area contributed by atoms with E-state index in [9.17, 15) is 0 Å². The molecule has 1 saturated heterocycles. The Balaban J connectivity index is 2.11. The van der Waals surface area contributed by atoms with Gasteiger partial charge in [0.25, 0.3) is 0 Å². The molecule has 1 aromatic rings. The zero-order valence-corrected chi connectivity index (χ0v) is 7.59. The van der Waals surface area contributed by atoms with Gasteiger partial charge in [-0.25, -0.2) is 4.98 Å². The number of nitrogens with two attached hydrogens (primary N) is 1. The van der Waals surface area contributed by atoms with Crippen LogP contribution in [0.15, 0.2) is 11.6 Å². The van der Waals surface area contributed by atoms with E-state index < -0.39 is 0 Å². The molecule has 1 fully saturated rings. The van der Waals surface area contributed by atoms with Crippen molar-refractivity contribution in [2.24, 2.45) is 5.73 Å². The summed E-state index contributed by atoms with van der Waals surface area (Å²) in [7, 11) is 0. The van der Waals surface area contributed by atoms with E-state index in [4.69, 9.17) is 10.5 Å². The molecule has 2 rings (SSSR count). The molecule has 0 amide bonds. The van der Waals surface area contributed by atoms with Crippen LogP contribution in [0.3, 0.4) is 0 Å². The Bertz CT molecular complexity index is 237.